The quantitative estimate of drug-likeness (QED) is 0.753. The molecule has 1 fully saturated rings. The van der Waals surface area contributed by atoms with Crippen LogP contribution >= 0.6 is 31.9 Å². The van der Waals surface area contributed by atoms with Gasteiger partial charge in [0.25, 0.3) is 5.56 Å². The maximum Gasteiger partial charge on any atom is 0.250 e. The lowest BCUT2D eigenvalue weighted by Gasteiger charge is -2.42. The van der Waals surface area contributed by atoms with Crippen LogP contribution in [-0.2, 0) is 13.1 Å². The smallest absolute Gasteiger partial charge is 0.250 e. The topological polar surface area (TPSA) is 45.5 Å². The number of piperidine rings is 1. The van der Waals surface area contributed by atoms with Gasteiger partial charge in [-0.05, 0) is 46.5 Å². The Bertz CT molecular complexity index is 849. The third kappa shape index (κ3) is 2.95. The first-order chi connectivity index (χ1) is 11.5. The maximum atomic E-state index is 12.1. The van der Waals surface area contributed by atoms with Gasteiger partial charge in [-0.25, -0.2) is 0 Å². The first-order valence-corrected chi connectivity index (χ1v) is 9.69. The molecule has 1 aromatic heterocycles. The number of aromatic hydroxyl groups is 1. The molecule has 1 N–H and O–H groups in total. The van der Waals surface area contributed by atoms with Crippen LogP contribution in [0.2, 0.25) is 0 Å². The molecule has 0 radical (unpaired) electrons. The van der Waals surface area contributed by atoms with Gasteiger partial charge >= 0.3 is 0 Å². The predicted octanol–water partition coefficient (Wildman–Crippen LogP) is 3.70. The largest absolute Gasteiger partial charge is 0.506 e. The average Bonchev–Trinajstić information content (AvgIpc) is 2.53. The molecule has 0 spiro atoms. The fourth-order valence-corrected chi connectivity index (χ4v) is 5.42. The van der Waals surface area contributed by atoms with Gasteiger partial charge in [0.2, 0.25) is 0 Å². The molecule has 2 aliphatic heterocycles. The van der Waals surface area contributed by atoms with Crippen molar-refractivity contribution in [3.63, 3.8) is 0 Å². The van der Waals surface area contributed by atoms with Crippen molar-refractivity contribution in [2.45, 2.75) is 25.4 Å². The molecule has 1 aromatic carbocycles. The molecule has 2 aromatic rings. The number of aromatic nitrogens is 1. The number of fused-ring (bicyclic) bond motifs is 4. The third-order valence-corrected chi connectivity index (χ3v) is 6.12. The van der Waals surface area contributed by atoms with Gasteiger partial charge in [0.15, 0.2) is 0 Å². The minimum Gasteiger partial charge on any atom is -0.506 e. The van der Waals surface area contributed by atoms with Crippen molar-refractivity contribution in [3.8, 4) is 5.75 Å². The summed E-state index contributed by atoms with van der Waals surface area (Å²) in [5.74, 6) is 1.20. The Morgan fingerprint density at radius 3 is 2.83 bits per heavy atom. The van der Waals surface area contributed by atoms with Crippen LogP contribution in [0.25, 0.3) is 0 Å². The highest BCUT2D eigenvalue weighted by atomic mass is 79.9. The van der Waals surface area contributed by atoms with E-state index in [0.29, 0.717) is 28.6 Å². The zero-order chi connectivity index (χ0) is 16.8. The van der Waals surface area contributed by atoms with E-state index in [1.807, 2.05) is 22.8 Å². The number of hydrogen-bond acceptors (Lipinski definition) is 3. The van der Waals surface area contributed by atoms with Gasteiger partial charge in [-0.15, -0.1) is 0 Å². The predicted molar refractivity (Wildman–Crippen MR) is 100 cm³/mol. The molecule has 0 unspecified atom stereocenters. The van der Waals surface area contributed by atoms with Crippen molar-refractivity contribution >= 4 is 31.9 Å². The van der Waals surface area contributed by atoms with Crippen molar-refractivity contribution in [2.24, 2.45) is 5.92 Å². The molecule has 0 aliphatic carbocycles. The molecule has 2 aliphatic rings. The van der Waals surface area contributed by atoms with Gasteiger partial charge in [0, 0.05) is 53.9 Å². The lowest BCUT2D eigenvalue weighted by atomic mass is 9.83. The van der Waals surface area contributed by atoms with Gasteiger partial charge in [0.05, 0.1) is 4.47 Å². The van der Waals surface area contributed by atoms with Crippen molar-refractivity contribution in [1.29, 1.82) is 0 Å². The highest BCUT2D eigenvalue weighted by molar-refractivity contribution is 9.11. The Hall–Kier alpha value is -1.11. The number of benzene rings is 1. The molecular weight excluding hydrogens is 436 g/mol. The Morgan fingerprint density at radius 1 is 1.17 bits per heavy atom. The van der Waals surface area contributed by atoms with Crippen LogP contribution in [0.3, 0.4) is 0 Å². The third-order valence-electron chi connectivity index (χ3n) is 5.06. The molecule has 24 heavy (non-hydrogen) atoms. The number of pyridine rings is 1. The molecule has 4 rings (SSSR count). The standard InChI is InChI=1S/C18H18Br2N2O2/c19-14-5-13(18(24)15(20)6-14)10-21-7-11-4-12(9-21)16-2-1-3-17(23)22(16)8-11/h1-3,5-6,11-12,24H,4,7-10H2/t11-,12+/m0/s1. The SMILES string of the molecule is O=c1cccc2n1C[C@H]1C[C@@H]2CN(Cc2cc(Br)cc(Br)c2O)C1. The first kappa shape index (κ1) is 16.4. The first-order valence-electron chi connectivity index (χ1n) is 8.10. The monoisotopic (exact) mass is 452 g/mol. The van der Waals surface area contributed by atoms with Gasteiger partial charge < -0.3 is 9.67 Å². The van der Waals surface area contributed by atoms with E-state index in [2.05, 4.69) is 42.8 Å². The van der Waals surface area contributed by atoms with Crippen LogP contribution < -0.4 is 5.56 Å². The van der Waals surface area contributed by atoms with Crippen LogP contribution in [0.15, 0.2) is 44.1 Å². The van der Waals surface area contributed by atoms with E-state index in [0.717, 1.165) is 41.8 Å². The number of rotatable bonds is 2. The summed E-state index contributed by atoms with van der Waals surface area (Å²) in [6.07, 6.45) is 1.15. The molecule has 0 saturated carbocycles. The number of nitrogens with zero attached hydrogens (tertiary/aromatic N) is 2. The molecular formula is C18H18Br2N2O2. The number of hydrogen-bond donors (Lipinski definition) is 1. The molecule has 2 bridgehead atoms. The van der Waals surface area contributed by atoms with Gasteiger partial charge in [-0.3, -0.25) is 9.69 Å². The van der Waals surface area contributed by atoms with Crippen LogP contribution in [0.5, 0.6) is 5.75 Å². The highest BCUT2D eigenvalue weighted by Gasteiger charge is 2.34. The van der Waals surface area contributed by atoms with Crippen molar-refractivity contribution in [2.75, 3.05) is 13.1 Å². The Morgan fingerprint density at radius 2 is 2.00 bits per heavy atom. The van der Waals surface area contributed by atoms with Crippen LogP contribution in [-0.4, -0.2) is 27.7 Å². The Balaban J connectivity index is 1.60. The normalized spacial score (nSPS) is 23.1. The van der Waals surface area contributed by atoms with Crippen molar-refractivity contribution in [3.05, 3.63) is 60.9 Å². The summed E-state index contributed by atoms with van der Waals surface area (Å²) in [6.45, 7) is 3.40. The lowest BCUT2D eigenvalue weighted by molar-refractivity contribution is 0.113. The summed E-state index contributed by atoms with van der Waals surface area (Å²) in [4.78, 5) is 14.5. The molecule has 126 valence electrons. The summed E-state index contributed by atoms with van der Waals surface area (Å²) in [6, 6.07) is 9.43. The molecule has 0 amide bonds. The summed E-state index contributed by atoms with van der Waals surface area (Å²) in [5.41, 5.74) is 2.19. The Kier molecular flexibility index (Phi) is 4.31. The number of phenolic OH excluding ortho intramolecular Hbond substituents is 1. The average molecular weight is 454 g/mol. The van der Waals surface area contributed by atoms with E-state index in [-0.39, 0.29) is 5.56 Å². The summed E-state index contributed by atoms with van der Waals surface area (Å²) < 4.78 is 3.61. The number of halogens is 2. The lowest BCUT2D eigenvalue weighted by Crippen LogP contribution is -2.46. The van der Waals surface area contributed by atoms with E-state index in [1.165, 1.54) is 0 Å². The fraction of sp³-hybridized carbons (Fsp3) is 0.389. The van der Waals surface area contributed by atoms with E-state index >= 15 is 0 Å². The second-order valence-corrected chi connectivity index (χ2v) is 8.56. The summed E-state index contributed by atoms with van der Waals surface area (Å²) in [5, 5.41) is 10.3. The van der Waals surface area contributed by atoms with Gasteiger partial charge in [0.1, 0.15) is 5.75 Å². The number of likely N-dealkylation sites (tertiary alicyclic amines) is 1. The molecule has 3 heterocycles. The summed E-state index contributed by atoms with van der Waals surface area (Å²) in [7, 11) is 0. The minimum absolute atomic E-state index is 0.115. The Labute approximate surface area is 157 Å². The zero-order valence-electron chi connectivity index (χ0n) is 13.1. The van der Waals surface area contributed by atoms with Crippen molar-refractivity contribution < 1.29 is 5.11 Å². The van der Waals surface area contributed by atoms with E-state index in [1.54, 1.807) is 6.07 Å². The number of phenols is 1. The van der Waals surface area contributed by atoms with Crippen LogP contribution in [0, 0.1) is 5.92 Å². The highest BCUT2D eigenvalue weighted by Crippen LogP contribution is 2.37. The molecule has 6 heteroatoms. The second kappa shape index (κ2) is 6.32. The van der Waals surface area contributed by atoms with E-state index < -0.39 is 0 Å². The molecule has 4 nitrogen and oxygen atoms in total. The minimum atomic E-state index is 0.115. The zero-order valence-corrected chi connectivity index (χ0v) is 16.3. The van der Waals surface area contributed by atoms with Gasteiger partial charge in [-0.1, -0.05) is 22.0 Å². The maximum absolute atomic E-state index is 12.1. The molecule has 2 atom stereocenters. The van der Waals surface area contributed by atoms with Crippen LogP contribution in [0.1, 0.15) is 23.6 Å². The summed E-state index contributed by atoms with van der Waals surface area (Å²) >= 11 is 6.90. The fourth-order valence-electron chi connectivity index (χ4n) is 4.11. The van der Waals surface area contributed by atoms with Gasteiger partial charge in [-0.2, -0.15) is 0 Å². The van der Waals surface area contributed by atoms with Crippen LogP contribution in [0.4, 0.5) is 0 Å². The molecule has 1 saturated heterocycles. The van der Waals surface area contributed by atoms with E-state index in [4.69, 9.17) is 0 Å². The van der Waals surface area contributed by atoms with E-state index in [9.17, 15) is 9.90 Å². The second-order valence-electron chi connectivity index (χ2n) is 6.79. The van der Waals surface area contributed by atoms with Crippen molar-refractivity contribution in [1.82, 2.24) is 9.47 Å².